The fourth-order valence-electron chi connectivity index (χ4n) is 1.000. The van der Waals surface area contributed by atoms with Crippen LogP contribution in [0.2, 0.25) is 0 Å². The van der Waals surface area contributed by atoms with Gasteiger partial charge in [-0.15, -0.1) is 0 Å². The first-order chi connectivity index (χ1) is 6.68. The Morgan fingerprint density at radius 1 is 1.36 bits per heavy atom. The van der Waals surface area contributed by atoms with Gasteiger partial charge in [-0.05, 0) is 11.6 Å². The first-order valence-corrected chi connectivity index (χ1v) is 4.27. The number of carbonyl (C=O) groups excluding carboxylic acids is 1. The fraction of sp³-hybridized carbons (Fsp3) is 0.0909. The molecule has 3 nitrogen and oxygen atoms in total. The lowest BCUT2D eigenvalue weighted by molar-refractivity contribution is -0.113. The van der Waals surface area contributed by atoms with Gasteiger partial charge in [0.05, 0.1) is 12.3 Å². The van der Waals surface area contributed by atoms with Gasteiger partial charge in [-0.2, -0.15) is 0 Å². The van der Waals surface area contributed by atoms with Gasteiger partial charge in [-0.25, -0.2) is 0 Å². The molecule has 0 heterocycles. The Morgan fingerprint density at radius 3 is 2.57 bits per heavy atom. The highest BCUT2D eigenvalue weighted by Crippen LogP contribution is 2.01. The van der Waals surface area contributed by atoms with Gasteiger partial charge in [0, 0.05) is 0 Å². The zero-order valence-corrected chi connectivity index (χ0v) is 7.73. The van der Waals surface area contributed by atoms with Crippen molar-refractivity contribution in [1.82, 2.24) is 0 Å². The largest absolute Gasteiger partial charge is 0.387 e. The van der Waals surface area contributed by atoms with E-state index in [1.165, 1.54) is 6.08 Å². The maximum atomic E-state index is 11.1. The Hall–Kier alpha value is -1.90. The predicted molar refractivity (Wildman–Crippen MR) is 57.0 cm³/mol. The Labute approximate surface area is 82.8 Å². The summed E-state index contributed by atoms with van der Waals surface area (Å²) in [4.78, 5) is 11.1. The topological polar surface area (TPSA) is 66.9 Å². The Morgan fingerprint density at radius 2 is 2.00 bits per heavy atom. The number of amidine groups is 1. The van der Waals surface area contributed by atoms with Crippen molar-refractivity contribution in [2.75, 3.05) is 0 Å². The molecular weight excluding hydrogens is 176 g/mol. The van der Waals surface area contributed by atoms with E-state index in [1.807, 2.05) is 30.3 Å². The number of carbonyl (C=O) groups is 1. The minimum absolute atomic E-state index is 0.0106. The summed E-state index contributed by atoms with van der Waals surface area (Å²) < 4.78 is 0. The normalized spacial score (nSPS) is 10.3. The monoisotopic (exact) mass is 188 g/mol. The van der Waals surface area contributed by atoms with Crippen LogP contribution in [-0.4, -0.2) is 11.6 Å². The van der Waals surface area contributed by atoms with E-state index in [1.54, 1.807) is 6.08 Å². The van der Waals surface area contributed by atoms with Gasteiger partial charge in [0.1, 0.15) is 0 Å². The van der Waals surface area contributed by atoms with Crippen molar-refractivity contribution in [2.24, 2.45) is 5.73 Å². The summed E-state index contributed by atoms with van der Waals surface area (Å²) >= 11 is 0. The average Bonchev–Trinajstić information content (AvgIpc) is 2.15. The van der Waals surface area contributed by atoms with E-state index in [0.717, 1.165) is 5.56 Å². The minimum atomic E-state index is -0.152. The number of hydrogen-bond acceptors (Lipinski definition) is 2. The molecule has 72 valence electrons. The molecule has 0 unspecified atom stereocenters. The summed E-state index contributed by atoms with van der Waals surface area (Å²) in [5.41, 5.74) is 6.05. The molecule has 3 heteroatoms. The number of nitrogens with two attached hydrogens (primary N) is 1. The molecule has 0 radical (unpaired) electrons. The highest BCUT2D eigenvalue weighted by atomic mass is 16.1. The molecule has 0 aliphatic rings. The molecule has 0 spiro atoms. The molecule has 0 aliphatic carbocycles. The first kappa shape index (κ1) is 10.2. The van der Waals surface area contributed by atoms with Crippen molar-refractivity contribution < 1.29 is 4.79 Å². The van der Waals surface area contributed by atoms with E-state index < -0.39 is 0 Å². The average molecular weight is 188 g/mol. The zero-order valence-electron chi connectivity index (χ0n) is 7.73. The third kappa shape index (κ3) is 3.67. The van der Waals surface area contributed by atoms with Crippen LogP contribution in [0.15, 0.2) is 36.4 Å². The van der Waals surface area contributed by atoms with E-state index in [-0.39, 0.29) is 18.0 Å². The predicted octanol–water partition coefficient (Wildman–Crippen LogP) is 1.59. The number of ketones is 1. The molecule has 0 saturated carbocycles. The SMILES string of the molecule is N=C(N)CC(=O)/C=C/c1ccccc1. The standard InChI is InChI=1S/C11H12N2O/c12-11(13)8-10(14)7-6-9-4-2-1-3-5-9/h1-7H,8H2,(H3,12,13)/b7-6+. The van der Waals surface area contributed by atoms with Crippen LogP contribution in [0, 0.1) is 5.41 Å². The van der Waals surface area contributed by atoms with Crippen LogP contribution in [0.5, 0.6) is 0 Å². The molecule has 0 atom stereocenters. The smallest absolute Gasteiger partial charge is 0.163 e. The second kappa shape index (κ2) is 4.97. The van der Waals surface area contributed by atoms with Crippen molar-refractivity contribution in [3.05, 3.63) is 42.0 Å². The second-order valence-corrected chi connectivity index (χ2v) is 2.91. The van der Waals surface area contributed by atoms with Crippen molar-refractivity contribution in [2.45, 2.75) is 6.42 Å². The lowest BCUT2D eigenvalue weighted by Gasteiger charge is -1.92. The third-order valence-electron chi connectivity index (χ3n) is 1.63. The van der Waals surface area contributed by atoms with Gasteiger partial charge in [-0.1, -0.05) is 36.4 Å². The Bertz CT molecular complexity index is 355. The molecular formula is C11H12N2O. The summed E-state index contributed by atoms with van der Waals surface area (Å²) in [5, 5.41) is 6.93. The molecule has 14 heavy (non-hydrogen) atoms. The lowest BCUT2D eigenvalue weighted by atomic mass is 10.2. The van der Waals surface area contributed by atoms with Gasteiger partial charge in [0.2, 0.25) is 0 Å². The highest BCUT2D eigenvalue weighted by molar-refractivity contribution is 6.05. The van der Waals surface area contributed by atoms with Gasteiger partial charge in [0.15, 0.2) is 5.78 Å². The molecule has 0 saturated heterocycles. The summed E-state index contributed by atoms with van der Waals surface area (Å²) in [6.07, 6.45) is 3.14. The van der Waals surface area contributed by atoms with Crippen LogP contribution >= 0.6 is 0 Å². The zero-order chi connectivity index (χ0) is 10.4. The van der Waals surface area contributed by atoms with E-state index >= 15 is 0 Å². The molecule has 1 aromatic rings. The van der Waals surface area contributed by atoms with Crippen molar-refractivity contribution in [1.29, 1.82) is 5.41 Å². The number of nitrogens with one attached hydrogen (secondary N) is 1. The van der Waals surface area contributed by atoms with E-state index in [0.29, 0.717) is 0 Å². The van der Waals surface area contributed by atoms with Crippen molar-refractivity contribution >= 4 is 17.7 Å². The number of allylic oxidation sites excluding steroid dienone is 1. The maximum Gasteiger partial charge on any atom is 0.163 e. The van der Waals surface area contributed by atoms with Crippen LogP contribution in [-0.2, 0) is 4.79 Å². The number of benzene rings is 1. The maximum absolute atomic E-state index is 11.1. The summed E-state index contributed by atoms with van der Waals surface area (Å²) in [6.45, 7) is 0. The van der Waals surface area contributed by atoms with Crippen LogP contribution < -0.4 is 5.73 Å². The van der Waals surface area contributed by atoms with Gasteiger partial charge in [-0.3, -0.25) is 10.2 Å². The fourth-order valence-corrected chi connectivity index (χ4v) is 1.000. The lowest BCUT2D eigenvalue weighted by Crippen LogP contribution is -2.13. The van der Waals surface area contributed by atoms with Crippen LogP contribution in [0.3, 0.4) is 0 Å². The summed E-state index contributed by atoms with van der Waals surface area (Å²) in [5.74, 6) is -0.255. The van der Waals surface area contributed by atoms with Crippen LogP contribution in [0.1, 0.15) is 12.0 Å². The van der Waals surface area contributed by atoms with Crippen molar-refractivity contribution in [3.8, 4) is 0 Å². The highest BCUT2D eigenvalue weighted by Gasteiger charge is 1.97. The first-order valence-electron chi connectivity index (χ1n) is 4.27. The minimum Gasteiger partial charge on any atom is -0.387 e. The molecule has 1 rings (SSSR count). The van der Waals surface area contributed by atoms with E-state index in [9.17, 15) is 4.79 Å². The Balaban J connectivity index is 2.56. The van der Waals surface area contributed by atoms with Gasteiger partial charge in [0.25, 0.3) is 0 Å². The van der Waals surface area contributed by atoms with Crippen molar-refractivity contribution in [3.63, 3.8) is 0 Å². The van der Waals surface area contributed by atoms with Crippen LogP contribution in [0.4, 0.5) is 0 Å². The van der Waals surface area contributed by atoms with Crippen LogP contribution in [0.25, 0.3) is 6.08 Å². The molecule has 0 aliphatic heterocycles. The quantitative estimate of drug-likeness (QED) is 0.428. The third-order valence-corrected chi connectivity index (χ3v) is 1.63. The van der Waals surface area contributed by atoms with E-state index in [2.05, 4.69) is 0 Å². The summed E-state index contributed by atoms with van der Waals surface area (Å²) in [6, 6.07) is 9.51. The second-order valence-electron chi connectivity index (χ2n) is 2.91. The summed E-state index contributed by atoms with van der Waals surface area (Å²) in [7, 11) is 0. The molecule has 0 amide bonds. The number of rotatable bonds is 4. The molecule has 1 aromatic carbocycles. The van der Waals surface area contributed by atoms with E-state index in [4.69, 9.17) is 11.1 Å². The molecule has 0 fully saturated rings. The molecule has 3 N–H and O–H groups in total. The van der Waals surface area contributed by atoms with Gasteiger partial charge >= 0.3 is 0 Å². The molecule has 0 bridgehead atoms. The number of hydrogen-bond donors (Lipinski definition) is 2. The molecule has 0 aromatic heterocycles. The van der Waals surface area contributed by atoms with Gasteiger partial charge < -0.3 is 5.73 Å². The Kier molecular flexibility index (Phi) is 3.61.